The highest BCUT2D eigenvalue weighted by molar-refractivity contribution is 5.92. The predicted molar refractivity (Wildman–Crippen MR) is 120 cm³/mol. The first-order valence-corrected chi connectivity index (χ1v) is 10.3. The van der Waals surface area contributed by atoms with Crippen molar-refractivity contribution in [1.82, 2.24) is 14.5 Å². The summed E-state index contributed by atoms with van der Waals surface area (Å²) in [5.41, 5.74) is 4.17. The zero-order chi connectivity index (χ0) is 22.1. The third-order valence-electron chi connectivity index (χ3n) is 5.38. The van der Waals surface area contributed by atoms with Crippen LogP contribution in [0.1, 0.15) is 30.3 Å². The van der Waals surface area contributed by atoms with E-state index in [1.807, 2.05) is 38.1 Å². The van der Waals surface area contributed by atoms with Gasteiger partial charge in [0.1, 0.15) is 11.6 Å². The van der Waals surface area contributed by atoms with E-state index in [9.17, 15) is 14.3 Å². The standard InChI is InChI=1S/C25H24FN3O2/c1-15-6-4-5-7-21(15)29-23(31)13-11-20-24(19-10-9-18(26)14-16(19)2)27-22(28-25(20)29)12-8-17(3)30/h4-7,9-11,13-14,17,30H,8,12H2,1-3H3/t17-/m1/s1. The van der Waals surface area contributed by atoms with Crippen molar-refractivity contribution in [2.45, 2.75) is 39.7 Å². The number of halogens is 1. The fraction of sp³-hybridized carbons (Fsp3) is 0.240. The Morgan fingerprint density at radius 3 is 2.52 bits per heavy atom. The number of rotatable bonds is 5. The number of nitrogens with zero attached hydrogens (tertiary/aromatic N) is 3. The van der Waals surface area contributed by atoms with Crippen molar-refractivity contribution in [2.24, 2.45) is 0 Å². The molecule has 0 unspecified atom stereocenters. The molecule has 2 aromatic carbocycles. The molecular weight excluding hydrogens is 393 g/mol. The molecule has 4 rings (SSSR count). The van der Waals surface area contributed by atoms with E-state index < -0.39 is 6.10 Å². The maximum Gasteiger partial charge on any atom is 0.256 e. The van der Waals surface area contributed by atoms with Gasteiger partial charge in [-0.3, -0.25) is 9.36 Å². The van der Waals surface area contributed by atoms with Crippen molar-refractivity contribution in [3.05, 3.63) is 87.7 Å². The lowest BCUT2D eigenvalue weighted by molar-refractivity contribution is 0.184. The third-order valence-corrected chi connectivity index (χ3v) is 5.38. The van der Waals surface area contributed by atoms with E-state index in [-0.39, 0.29) is 11.4 Å². The molecule has 0 aliphatic rings. The van der Waals surface area contributed by atoms with E-state index >= 15 is 0 Å². The van der Waals surface area contributed by atoms with Gasteiger partial charge in [-0.25, -0.2) is 14.4 Å². The minimum absolute atomic E-state index is 0.191. The highest BCUT2D eigenvalue weighted by atomic mass is 19.1. The Bertz CT molecular complexity index is 1330. The van der Waals surface area contributed by atoms with Crippen molar-refractivity contribution in [2.75, 3.05) is 0 Å². The summed E-state index contributed by atoms with van der Waals surface area (Å²) in [4.78, 5) is 22.4. The number of aromatic nitrogens is 3. The minimum Gasteiger partial charge on any atom is -0.393 e. The van der Waals surface area contributed by atoms with Crippen LogP contribution in [-0.4, -0.2) is 25.7 Å². The molecule has 158 valence electrons. The average Bonchev–Trinajstić information content (AvgIpc) is 2.72. The van der Waals surface area contributed by atoms with Crippen molar-refractivity contribution < 1.29 is 9.50 Å². The van der Waals surface area contributed by atoms with Crippen molar-refractivity contribution >= 4 is 11.0 Å². The number of hydrogen-bond acceptors (Lipinski definition) is 4. The van der Waals surface area contributed by atoms with Crippen LogP contribution in [0.3, 0.4) is 0 Å². The van der Waals surface area contributed by atoms with Gasteiger partial charge in [-0.1, -0.05) is 18.2 Å². The molecule has 0 aliphatic carbocycles. The van der Waals surface area contributed by atoms with Crippen LogP contribution in [0.4, 0.5) is 4.39 Å². The van der Waals surface area contributed by atoms with Gasteiger partial charge in [-0.2, -0.15) is 0 Å². The number of aliphatic hydroxyl groups is 1. The van der Waals surface area contributed by atoms with Gasteiger partial charge in [0.25, 0.3) is 5.56 Å². The lowest BCUT2D eigenvalue weighted by Crippen LogP contribution is -2.20. The topological polar surface area (TPSA) is 68.0 Å². The van der Waals surface area contributed by atoms with Gasteiger partial charge >= 0.3 is 0 Å². The summed E-state index contributed by atoms with van der Waals surface area (Å²) in [6.45, 7) is 5.50. The van der Waals surface area contributed by atoms with E-state index in [2.05, 4.69) is 0 Å². The molecule has 6 heteroatoms. The van der Waals surface area contributed by atoms with Crippen LogP contribution < -0.4 is 5.56 Å². The molecule has 0 amide bonds. The molecule has 0 aliphatic heterocycles. The van der Waals surface area contributed by atoms with Crippen molar-refractivity contribution in [3.63, 3.8) is 0 Å². The van der Waals surface area contributed by atoms with E-state index in [1.165, 1.54) is 18.2 Å². The molecule has 0 bridgehead atoms. The highest BCUT2D eigenvalue weighted by Gasteiger charge is 2.17. The monoisotopic (exact) mass is 417 g/mol. The van der Waals surface area contributed by atoms with Gasteiger partial charge in [-0.15, -0.1) is 0 Å². The summed E-state index contributed by atoms with van der Waals surface area (Å²) < 4.78 is 15.3. The Morgan fingerprint density at radius 1 is 1.03 bits per heavy atom. The van der Waals surface area contributed by atoms with Crippen molar-refractivity contribution in [3.8, 4) is 16.9 Å². The Morgan fingerprint density at radius 2 is 1.81 bits per heavy atom. The van der Waals surface area contributed by atoms with Gasteiger partial charge in [0.15, 0.2) is 5.65 Å². The molecular formula is C25H24FN3O2. The molecule has 0 spiro atoms. The van der Waals surface area contributed by atoms with Gasteiger partial charge in [0.05, 0.1) is 17.5 Å². The van der Waals surface area contributed by atoms with Gasteiger partial charge < -0.3 is 5.11 Å². The SMILES string of the molecule is Cc1cc(F)ccc1-c1nc(CC[C@@H](C)O)nc2c1ccc(=O)n2-c1ccccc1C. The average molecular weight is 417 g/mol. The number of pyridine rings is 1. The van der Waals surface area contributed by atoms with E-state index in [0.29, 0.717) is 35.4 Å². The fourth-order valence-corrected chi connectivity index (χ4v) is 3.76. The number of aliphatic hydroxyl groups excluding tert-OH is 1. The second-order valence-corrected chi connectivity index (χ2v) is 7.87. The molecule has 0 saturated heterocycles. The lowest BCUT2D eigenvalue weighted by atomic mass is 10.0. The second kappa shape index (κ2) is 8.40. The molecule has 31 heavy (non-hydrogen) atoms. The molecule has 1 atom stereocenters. The minimum atomic E-state index is -0.496. The number of para-hydroxylation sites is 1. The predicted octanol–water partition coefficient (Wildman–Crippen LogP) is 4.52. The maximum absolute atomic E-state index is 13.7. The Labute approximate surface area is 179 Å². The molecule has 2 heterocycles. The Hall–Kier alpha value is -3.38. The van der Waals surface area contributed by atoms with Crippen LogP contribution in [0.2, 0.25) is 0 Å². The maximum atomic E-state index is 13.7. The van der Waals surface area contributed by atoms with Gasteiger partial charge in [-0.05, 0) is 68.7 Å². The van der Waals surface area contributed by atoms with E-state index in [1.54, 1.807) is 23.6 Å². The molecule has 0 fully saturated rings. The zero-order valence-electron chi connectivity index (χ0n) is 17.8. The normalized spacial score (nSPS) is 12.3. The van der Waals surface area contributed by atoms with Crippen LogP contribution in [0, 0.1) is 19.7 Å². The molecule has 0 radical (unpaired) electrons. The third kappa shape index (κ3) is 4.11. The summed E-state index contributed by atoms with van der Waals surface area (Å²) in [5, 5.41) is 10.5. The van der Waals surface area contributed by atoms with Crippen molar-refractivity contribution in [1.29, 1.82) is 0 Å². The number of benzene rings is 2. The number of fused-ring (bicyclic) bond motifs is 1. The quantitative estimate of drug-likeness (QED) is 0.519. The van der Waals surface area contributed by atoms with Crippen LogP contribution >= 0.6 is 0 Å². The van der Waals surface area contributed by atoms with Crippen LogP contribution in [0.25, 0.3) is 28.0 Å². The van der Waals surface area contributed by atoms with Crippen LogP contribution in [-0.2, 0) is 6.42 Å². The Kier molecular flexibility index (Phi) is 5.65. The molecule has 0 saturated carbocycles. The summed E-state index contributed by atoms with van der Waals surface area (Å²) >= 11 is 0. The number of aryl methyl sites for hydroxylation is 3. The number of hydrogen-bond donors (Lipinski definition) is 1. The van der Waals surface area contributed by atoms with Crippen LogP contribution in [0.5, 0.6) is 0 Å². The van der Waals surface area contributed by atoms with Crippen LogP contribution in [0.15, 0.2) is 59.4 Å². The van der Waals surface area contributed by atoms with E-state index in [0.717, 1.165) is 22.4 Å². The molecule has 1 N–H and O–H groups in total. The largest absolute Gasteiger partial charge is 0.393 e. The smallest absolute Gasteiger partial charge is 0.256 e. The molecule has 5 nitrogen and oxygen atoms in total. The van der Waals surface area contributed by atoms with E-state index in [4.69, 9.17) is 9.97 Å². The first-order valence-electron chi connectivity index (χ1n) is 10.3. The summed E-state index contributed by atoms with van der Waals surface area (Å²) in [6, 6.07) is 15.4. The summed E-state index contributed by atoms with van der Waals surface area (Å²) in [7, 11) is 0. The summed E-state index contributed by atoms with van der Waals surface area (Å²) in [6.07, 6.45) is 0.455. The second-order valence-electron chi connectivity index (χ2n) is 7.87. The zero-order valence-corrected chi connectivity index (χ0v) is 17.8. The summed E-state index contributed by atoms with van der Waals surface area (Å²) in [5.74, 6) is 0.214. The van der Waals surface area contributed by atoms with Gasteiger partial charge in [0, 0.05) is 23.4 Å². The Balaban J connectivity index is 2.07. The van der Waals surface area contributed by atoms with Gasteiger partial charge in [0.2, 0.25) is 0 Å². The highest BCUT2D eigenvalue weighted by Crippen LogP contribution is 2.30. The first kappa shape index (κ1) is 20.9. The molecule has 2 aromatic heterocycles. The lowest BCUT2D eigenvalue weighted by Gasteiger charge is -2.16. The molecule has 4 aromatic rings. The first-order chi connectivity index (χ1) is 14.8. The fourth-order valence-electron chi connectivity index (χ4n) is 3.76.